The summed E-state index contributed by atoms with van der Waals surface area (Å²) >= 11 is 12.2. The van der Waals surface area contributed by atoms with Crippen molar-refractivity contribution < 1.29 is 4.42 Å². The van der Waals surface area contributed by atoms with Gasteiger partial charge in [0, 0.05) is 22.5 Å². The van der Waals surface area contributed by atoms with E-state index >= 15 is 0 Å². The van der Waals surface area contributed by atoms with Crippen molar-refractivity contribution in [2.45, 2.75) is 38.8 Å². The van der Waals surface area contributed by atoms with E-state index < -0.39 is 0 Å². The zero-order chi connectivity index (χ0) is 23.8. The van der Waals surface area contributed by atoms with Gasteiger partial charge < -0.3 is 14.6 Å². The van der Waals surface area contributed by atoms with Gasteiger partial charge >= 0.3 is 0 Å². The number of halogens is 1. The second kappa shape index (κ2) is 9.24. The van der Waals surface area contributed by atoms with Gasteiger partial charge in [-0.3, -0.25) is 4.98 Å². The van der Waals surface area contributed by atoms with Gasteiger partial charge in [-0.15, -0.1) is 0 Å². The maximum atomic E-state index is 6.43. The second-order valence-electron chi connectivity index (χ2n) is 8.91. The number of hydrogen-bond donors (Lipinski definition) is 1. The van der Waals surface area contributed by atoms with Gasteiger partial charge in [0.2, 0.25) is 0 Å². The number of nitrogens with one attached hydrogen (secondary N) is 1. The molecule has 1 N–H and O–H groups in total. The fourth-order valence-electron chi connectivity index (χ4n) is 4.35. The molecule has 1 aliphatic rings. The summed E-state index contributed by atoms with van der Waals surface area (Å²) in [6.07, 6.45) is 1.80. The van der Waals surface area contributed by atoms with Crippen LogP contribution in [0.15, 0.2) is 83.4 Å². The molecule has 0 amide bonds. The zero-order valence-electron chi connectivity index (χ0n) is 19.3. The van der Waals surface area contributed by atoms with Crippen molar-refractivity contribution in [1.29, 1.82) is 0 Å². The lowest BCUT2D eigenvalue weighted by Gasteiger charge is -2.26. The van der Waals surface area contributed by atoms with Crippen molar-refractivity contribution in [2.75, 3.05) is 4.90 Å². The molecule has 6 heteroatoms. The highest BCUT2D eigenvalue weighted by Crippen LogP contribution is 2.43. The summed E-state index contributed by atoms with van der Waals surface area (Å²) in [4.78, 5) is 6.74. The molecule has 0 aliphatic carbocycles. The molecule has 0 unspecified atom stereocenters. The molecule has 4 nitrogen and oxygen atoms in total. The molecule has 34 heavy (non-hydrogen) atoms. The van der Waals surface area contributed by atoms with Gasteiger partial charge in [-0.05, 0) is 78.7 Å². The van der Waals surface area contributed by atoms with Crippen LogP contribution in [0.3, 0.4) is 0 Å². The number of nitrogens with zero attached hydrogens (tertiary/aromatic N) is 2. The smallest absolute Gasteiger partial charge is 0.174 e. The molecule has 2 atom stereocenters. The van der Waals surface area contributed by atoms with E-state index in [1.165, 1.54) is 5.56 Å². The Bertz CT molecular complexity index is 1320. The summed E-state index contributed by atoms with van der Waals surface area (Å²) in [5.41, 5.74) is 5.19. The average Bonchev–Trinajstić information content (AvgIpc) is 3.46. The van der Waals surface area contributed by atoms with Crippen LogP contribution in [0.1, 0.15) is 54.4 Å². The molecule has 4 aromatic rings. The minimum absolute atomic E-state index is 0.154. The molecular weight excluding hydrogens is 462 g/mol. The number of aryl methyl sites for hydroxylation is 1. The minimum atomic E-state index is -0.193. The summed E-state index contributed by atoms with van der Waals surface area (Å²) in [7, 11) is 0. The Balaban J connectivity index is 1.57. The summed E-state index contributed by atoms with van der Waals surface area (Å²) in [6.45, 7) is 6.38. The van der Waals surface area contributed by atoms with Crippen molar-refractivity contribution in [3.63, 3.8) is 0 Å². The highest BCUT2D eigenvalue weighted by atomic mass is 35.5. The van der Waals surface area contributed by atoms with Crippen molar-refractivity contribution in [1.82, 2.24) is 10.3 Å². The van der Waals surface area contributed by atoms with Crippen LogP contribution in [0.25, 0.3) is 11.3 Å². The topological polar surface area (TPSA) is 41.3 Å². The van der Waals surface area contributed by atoms with Gasteiger partial charge in [0.25, 0.3) is 0 Å². The van der Waals surface area contributed by atoms with Crippen LogP contribution in [-0.4, -0.2) is 10.1 Å². The molecule has 0 radical (unpaired) electrons. The molecule has 1 saturated heterocycles. The van der Waals surface area contributed by atoms with Crippen LogP contribution in [0.4, 0.5) is 5.69 Å². The van der Waals surface area contributed by atoms with Crippen LogP contribution in [0, 0.1) is 6.92 Å². The molecule has 5 rings (SSSR count). The number of aromatic nitrogens is 1. The Labute approximate surface area is 210 Å². The largest absolute Gasteiger partial charge is 0.459 e. The SMILES string of the molecule is Cc1ccc(-c2ccc([C@@H]3[C@H](c4ccccn4)NC(=S)N3c3ccc(C(C)C)cc3)o2)cc1Cl. The lowest BCUT2D eigenvalue weighted by Crippen LogP contribution is -2.29. The van der Waals surface area contributed by atoms with E-state index in [1.807, 2.05) is 55.5 Å². The number of furan rings is 1. The van der Waals surface area contributed by atoms with E-state index in [-0.39, 0.29) is 12.1 Å². The van der Waals surface area contributed by atoms with Crippen molar-refractivity contribution in [2.24, 2.45) is 0 Å². The Kier molecular flexibility index (Phi) is 6.15. The number of rotatable bonds is 5. The molecule has 0 bridgehead atoms. The van der Waals surface area contributed by atoms with Gasteiger partial charge in [0.05, 0.1) is 11.7 Å². The second-order valence-corrected chi connectivity index (χ2v) is 9.70. The van der Waals surface area contributed by atoms with Gasteiger partial charge in [-0.2, -0.15) is 0 Å². The quantitative estimate of drug-likeness (QED) is 0.293. The van der Waals surface area contributed by atoms with E-state index in [1.54, 1.807) is 6.20 Å². The average molecular weight is 488 g/mol. The van der Waals surface area contributed by atoms with E-state index in [9.17, 15) is 0 Å². The normalized spacial score (nSPS) is 17.9. The standard InChI is InChI=1S/C28H26ClN3OS/c1-17(2)19-9-11-21(12-10-19)32-27(26(31-28(32)34)23-6-4-5-15-30-23)25-14-13-24(33-25)20-8-7-18(3)22(29)16-20/h4-17,26-27H,1-3H3,(H,31,34)/t26-,27+/m0/s1. The Hall–Kier alpha value is -3.15. The molecule has 1 aliphatic heterocycles. The van der Waals surface area contributed by atoms with Crippen molar-refractivity contribution in [3.8, 4) is 11.3 Å². The van der Waals surface area contributed by atoms with Crippen molar-refractivity contribution in [3.05, 3.63) is 107 Å². The zero-order valence-corrected chi connectivity index (χ0v) is 20.9. The van der Waals surface area contributed by atoms with Crippen LogP contribution < -0.4 is 10.2 Å². The molecule has 0 saturated carbocycles. The first-order valence-corrected chi connectivity index (χ1v) is 12.2. The first-order valence-electron chi connectivity index (χ1n) is 11.4. The molecule has 172 valence electrons. The van der Waals surface area contributed by atoms with Gasteiger partial charge in [-0.25, -0.2) is 0 Å². The van der Waals surface area contributed by atoms with Gasteiger partial charge in [0.15, 0.2) is 5.11 Å². The van der Waals surface area contributed by atoms with Crippen LogP contribution in [-0.2, 0) is 0 Å². The molecule has 2 aromatic heterocycles. The number of hydrogen-bond acceptors (Lipinski definition) is 3. The highest BCUT2D eigenvalue weighted by molar-refractivity contribution is 7.80. The Morgan fingerprint density at radius 1 is 1.03 bits per heavy atom. The monoisotopic (exact) mass is 487 g/mol. The summed E-state index contributed by atoms with van der Waals surface area (Å²) < 4.78 is 6.43. The number of benzene rings is 2. The maximum Gasteiger partial charge on any atom is 0.174 e. The van der Waals surface area contributed by atoms with Gasteiger partial charge in [-0.1, -0.05) is 55.8 Å². The first kappa shape index (κ1) is 22.6. The van der Waals surface area contributed by atoms with E-state index in [2.05, 4.69) is 53.3 Å². The van der Waals surface area contributed by atoms with Crippen LogP contribution in [0.2, 0.25) is 5.02 Å². The molecule has 1 fully saturated rings. The fraction of sp³-hybridized carbons (Fsp3) is 0.214. The summed E-state index contributed by atoms with van der Waals surface area (Å²) in [6, 6.07) is 24.1. The van der Waals surface area contributed by atoms with Crippen LogP contribution >= 0.6 is 23.8 Å². The predicted octanol–water partition coefficient (Wildman–Crippen LogP) is 7.60. The molecule has 2 aromatic carbocycles. The number of thiocarbonyl (C=S) groups is 1. The summed E-state index contributed by atoms with van der Waals surface area (Å²) in [5.74, 6) is 2.04. The Morgan fingerprint density at radius 2 is 1.82 bits per heavy atom. The molecule has 0 spiro atoms. The van der Waals surface area contributed by atoms with Crippen molar-refractivity contribution >= 4 is 34.6 Å². The van der Waals surface area contributed by atoms with E-state index in [0.717, 1.165) is 39.1 Å². The van der Waals surface area contributed by atoms with E-state index in [4.69, 9.17) is 28.2 Å². The fourth-order valence-corrected chi connectivity index (χ4v) is 4.88. The minimum Gasteiger partial charge on any atom is -0.459 e. The first-order chi connectivity index (χ1) is 16.4. The molecular formula is C28H26ClN3OS. The van der Waals surface area contributed by atoms with Gasteiger partial charge in [0.1, 0.15) is 17.6 Å². The summed E-state index contributed by atoms with van der Waals surface area (Å²) in [5, 5.41) is 4.85. The third-order valence-electron chi connectivity index (χ3n) is 6.31. The molecule has 3 heterocycles. The Morgan fingerprint density at radius 3 is 2.50 bits per heavy atom. The number of anilines is 1. The number of pyridine rings is 1. The highest BCUT2D eigenvalue weighted by Gasteiger charge is 2.42. The lowest BCUT2D eigenvalue weighted by molar-refractivity contribution is 0.439. The van der Waals surface area contributed by atoms with E-state index in [0.29, 0.717) is 11.0 Å². The maximum absolute atomic E-state index is 6.43. The predicted molar refractivity (Wildman–Crippen MR) is 142 cm³/mol. The van der Waals surface area contributed by atoms with Crippen LogP contribution in [0.5, 0.6) is 0 Å². The third kappa shape index (κ3) is 4.22. The lowest BCUT2D eigenvalue weighted by atomic mass is 10.0. The third-order valence-corrected chi connectivity index (χ3v) is 7.03.